The molecule has 4 nitrogen and oxygen atoms in total. The number of aryl methyl sites for hydroxylation is 1. The molecule has 3 rings (SSSR count). The van der Waals surface area contributed by atoms with Crippen LogP contribution in [0.25, 0.3) is 5.57 Å². The molecule has 0 radical (unpaired) electrons. The van der Waals surface area contributed by atoms with Crippen molar-refractivity contribution in [1.29, 1.82) is 0 Å². The van der Waals surface area contributed by atoms with Crippen molar-refractivity contribution in [3.05, 3.63) is 76.8 Å². The molecule has 1 aliphatic rings. The summed E-state index contributed by atoms with van der Waals surface area (Å²) in [5, 5.41) is 10.0. The lowest BCUT2D eigenvalue weighted by Gasteiger charge is -2.14. The van der Waals surface area contributed by atoms with Crippen LogP contribution in [0.15, 0.2) is 54.3 Å². The van der Waals surface area contributed by atoms with Gasteiger partial charge in [-0.2, -0.15) is 0 Å². The summed E-state index contributed by atoms with van der Waals surface area (Å²) in [6, 6.07) is 12.5. The Morgan fingerprint density at radius 1 is 0.957 bits per heavy atom. The second-order valence-electron chi connectivity index (χ2n) is 5.41. The highest BCUT2D eigenvalue weighted by atomic mass is 19.1. The van der Waals surface area contributed by atoms with Crippen LogP contribution in [0.1, 0.15) is 16.7 Å². The fourth-order valence-corrected chi connectivity index (χ4v) is 2.46. The van der Waals surface area contributed by atoms with Gasteiger partial charge >= 0.3 is 0 Å². The highest BCUT2D eigenvalue weighted by molar-refractivity contribution is 6.34. The first-order valence-corrected chi connectivity index (χ1v) is 7.08. The van der Waals surface area contributed by atoms with Gasteiger partial charge in [-0.3, -0.25) is 14.5 Å². The van der Waals surface area contributed by atoms with Gasteiger partial charge < -0.3 is 5.11 Å². The smallest absolute Gasteiger partial charge is 0.296 e. The van der Waals surface area contributed by atoms with Crippen molar-refractivity contribution < 1.29 is 19.1 Å². The number of nitrogens with zero attached hydrogens (tertiary/aromatic N) is 1. The summed E-state index contributed by atoms with van der Waals surface area (Å²) in [4.78, 5) is 25.6. The molecule has 1 aliphatic heterocycles. The first-order chi connectivity index (χ1) is 11.0. The van der Waals surface area contributed by atoms with Gasteiger partial charge in [-0.1, -0.05) is 42.0 Å². The van der Waals surface area contributed by atoms with E-state index in [4.69, 9.17) is 0 Å². The molecule has 0 unspecified atom stereocenters. The third-order valence-corrected chi connectivity index (χ3v) is 3.74. The molecule has 116 valence electrons. The van der Waals surface area contributed by atoms with Crippen LogP contribution in [0, 0.1) is 12.7 Å². The molecule has 2 aromatic rings. The fraction of sp³-hybridized carbons (Fsp3) is 0.111. The molecule has 0 bridgehead atoms. The quantitative estimate of drug-likeness (QED) is 0.887. The van der Waals surface area contributed by atoms with Crippen LogP contribution < -0.4 is 0 Å². The number of carbonyl (C=O) groups is 2. The maximum absolute atomic E-state index is 13.0. The zero-order valence-corrected chi connectivity index (χ0v) is 12.4. The fourth-order valence-electron chi connectivity index (χ4n) is 2.46. The number of aliphatic hydroxyl groups is 1. The molecule has 0 fully saturated rings. The summed E-state index contributed by atoms with van der Waals surface area (Å²) < 4.78 is 13.0. The predicted octanol–water partition coefficient (Wildman–Crippen LogP) is 2.97. The average molecular weight is 311 g/mol. The first kappa shape index (κ1) is 15.0. The van der Waals surface area contributed by atoms with E-state index >= 15 is 0 Å². The maximum atomic E-state index is 13.0. The molecule has 2 amide bonds. The number of aliphatic hydroxyl groups excluding tert-OH is 1. The van der Waals surface area contributed by atoms with Crippen LogP contribution in [0.2, 0.25) is 0 Å². The first-order valence-electron chi connectivity index (χ1n) is 7.08. The van der Waals surface area contributed by atoms with E-state index in [1.165, 1.54) is 24.3 Å². The Hall–Kier alpha value is -2.95. The van der Waals surface area contributed by atoms with E-state index in [0.717, 1.165) is 16.0 Å². The number of halogens is 1. The third kappa shape index (κ3) is 2.73. The van der Waals surface area contributed by atoms with Crippen molar-refractivity contribution in [2.45, 2.75) is 13.5 Å². The van der Waals surface area contributed by atoms with E-state index < -0.39 is 23.4 Å². The SMILES string of the molecule is Cc1ccc(CN2C(=O)C(O)=C(c3ccc(F)cc3)C2=O)cc1. The standard InChI is InChI=1S/C18H14FNO3/c1-11-2-4-12(5-3-11)10-20-17(22)15(16(21)18(20)23)13-6-8-14(19)9-7-13/h2-9,21H,10H2,1H3. The van der Waals surface area contributed by atoms with E-state index in [2.05, 4.69) is 0 Å². The molecule has 1 N–H and O–H groups in total. The van der Waals surface area contributed by atoms with Gasteiger partial charge in [0.25, 0.3) is 11.8 Å². The third-order valence-electron chi connectivity index (χ3n) is 3.74. The molecule has 1 heterocycles. The minimum atomic E-state index is -0.741. The van der Waals surface area contributed by atoms with E-state index in [1.807, 2.05) is 31.2 Å². The lowest BCUT2D eigenvalue weighted by Crippen LogP contribution is -2.31. The summed E-state index contributed by atoms with van der Waals surface area (Å²) in [5.41, 5.74) is 2.07. The molecule has 0 saturated carbocycles. The van der Waals surface area contributed by atoms with Gasteiger partial charge in [0.05, 0.1) is 12.1 Å². The summed E-state index contributed by atoms with van der Waals surface area (Å²) >= 11 is 0. The van der Waals surface area contributed by atoms with Crippen LogP contribution in [0.4, 0.5) is 4.39 Å². The van der Waals surface area contributed by atoms with Gasteiger partial charge in [0.15, 0.2) is 5.76 Å². The van der Waals surface area contributed by atoms with Crippen molar-refractivity contribution in [3.63, 3.8) is 0 Å². The second kappa shape index (κ2) is 5.68. The van der Waals surface area contributed by atoms with Crippen molar-refractivity contribution >= 4 is 17.4 Å². The Bertz CT molecular complexity index is 807. The number of hydrogen-bond acceptors (Lipinski definition) is 3. The summed E-state index contributed by atoms with van der Waals surface area (Å²) in [5.74, 6) is -2.38. The van der Waals surface area contributed by atoms with E-state index in [-0.39, 0.29) is 12.1 Å². The number of hydrogen-bond donors (Lipinski definition) is 1. The van der Waals surface area contributed by atoms with E-state index in [9.17, 15) is 19.1 Å². The number of benzene rings is 2. The van der Waals surface area contributed by atoms with Gasteiger partial charge in [-0.05, 0) is 30.2 Å². The maximum Gasteiger partial charge on any atom is 0.296 e. The number of carbonyl (C=O) groups excluding carboxylic acids is 2. The lowest BCUT2D eigenvalue weighted by molar-refractivity contribution is -0.138. The molecule has 2 aromatic carbocycles. The van der Waals surface area contributed by atoms with Gasteiger partial charge in [0, 0.05) is 0 Å². The van der Waals surface area contributed by atoms with Crippen LogP contribution in [-0.4, -0.2) is 21.8 Å². The Morgan fingerprint density at radius 3 is 2.17 bits per heavy atom. The van der Waals surface area contributed by atoms with Crippen molar-refractivity contribution in [3.8, 4) is 0 Å². The molecule has 0 aromatic heterocycles. The van der Waals surface area contributed by atoms with Crippen molar-refractivity contribution in [1.82, 2.24) is 4.90 Å². The lowest BCUT2D eigenvalue weighted by atomic mass is 10.1. The molecule has 5 heteroatoms. The van der Waals surface area contributed by atoms with E-state index in [0.29, 0.717) is 5.56 Å². The van der Waals surface area contributed by atoms with Crippen LogP contribution >= 0.6 is 0 Å². The Balaban J connectivity index is 1.89. The molecule has 0 saturated heterocycles. The zero-order valence-electron chi connectivity index (χ0n) is 12.4. The number of rotatable bonds is 3. The zero-order chi connectivity index (χ0) is 16.6. The Labute approximate surface area is 132 Å². The minimum absolute atomic E-state index is 0.0761. The monoisotopic (exact) mass is 311 g/mol. The second-order valence-corrected chi connectivity index (χ2v) is 5.41. The molecule has 23 heavy (non-hydrogen) atoms. The van der Waals surface area contributed by atoms with Gasteiger partial charge in [0.1, 0.15) is 5.82 Å². The molecular formula is C18H14FNO3. The van der Waals surface area contributed by atoms with E-state index in [1.54, 1.807) is 0 Å². The molecule has 0 spiro atoms. The number of amides is 2. The highest BCUT2D eigenvalue weighted by Gasteiger charge is 2.39. The van der Waals surface area contributed by atoms with Crippen molar-refractivity contribution in [2.75, 3.05) is 0 Å². The molecule has 0 aliphatic carbocycles. The van der Waals surface area contributed by atoms with Gasteiger partial charge in [0.2, 0.25) is 0 Å². The van der Waals surface area contributed by atoms with Crippen LogP contribution in [-0.2, 0) is 16.1 Å². The topological polar surface area (TPSA) is 57.6 Å². The van der Waals surface area contributed by atoms with Gasteiger partial charge in [-0.25, -0.2) is 4.39 Å². The normalized spacial score (nSPS) is 14.8. The molecular weight excluding hydrogens is 297 g/mol. The average Bonchev–Trinajstić information content (AvgIpc) is 2.74. The largest absolute Gasteiger partial charge is 0.502 e. The Morgan fingerprint density at radius 2 is 1.57 bits per heavy atom. The number of imide groups is 1. The summed E-state index contributed by atoms with van der Waals surface area (Å²) in [7, 11) is 0. The minimum Gasteiger partial charge on any atom is -0.502 e. The molecule has 0 atom stereocenters. The van der Waals surface area contributed by atoms with Gasteiger partial charge in [-0.15, -0.1) is 0 Å². The van der Waals surface area contributed by atoms with Crippen molar-refractivity contribution in [2.24, 2.45) is 0 Å². The summed E-state index contributed by atoms with van der Waals surface area (Å²) in [6.07, 6.45) is 0. The summed E-state index contributed by atoms with van der Waals surface area (Å²) in [6.45, 7) is 2.02. The predicted molar refractivity (Wildman–Crippen MR) is 82.7 cm³/mol. The Kier molecular flexibility index (Phi) is 3.70. The van der Waals surface area contributed by atoms with Crippen LogP contribution in [0.3, 0.4) is 0 Å². The highest BCUT2D eigenvalue weighted by Crippen LogP contribution is 2.29. The van der Waals surface area contributed by atoms with Crippen LogP contribution in [0.5, 0.6) is 0 Å².